The van der Waals surface area contributed by atoms with Gasteiger partial charge in [-0.25, -0.2) is 4.98 Å². The Balaban J connectivity index is 1.65. The maximum absolute atomic E-state index is 9.09. The van der Waals surface area contributed by atoms with E-state index in [0.717, 1.165) is 64.3 Å². The molecule has 2 heterocycles. The van der Waals surface area contributed by atoms with Crippen LogP contribution in [-0.2, 0) is 17.5 Å². The van der Waals surface area contributed by atoms with Crippen molar-refractivity contribution < 1.29 is 4.43 Å². The monoisotopic (exact) mass is 550 g/mol. The molecule has 35 heavy (non-hydrogen) atoms. The molecular weight excluding hydrogens is 516 g/mol. The van der Waals surface area contributed by atoms with Crippen molar-refractivity contribution in [3.63, 3.8) is 0 Å². The van der Waals surface area contributed by atoms with E-state index in [9.17, 15) is 0 Å². The fraction of sp³-hybridized carbons (Fsp3) is 0.357. The molecule has 0 aliphatic heterocycles. The van der Waals surface area contributed by atoms with Gasteiger partial charge >= 0.3 is 0 Å². The predicted molar refractivity (Wildman–Crippen MR) is 150 cm³/mol. The van der Waals surface area contributed by atoms with Gasteiger partial charge in [0.15, 0.2) is 8.32 Å². The van der Waals surface area contributed by atoms with Crippen molar-refractivity contribution in [1.82, 2.24) is 14.1 Å². The van der Waals surface area contributed by atoms with E-state index in [2.05, 4.69) is 83.9 Å². The first-order chi connectivity index (χ1) is 17.0. The molecule has 0 aliphatic rings. The first-order valence-electron chi connectivity index (χ1n) is 12.6. The fourth-order valence-corrected chi connectivity index (χ4v) is 7.69. The summed E-state index contributed by atoms with van der Waals surface area (Å²) in [5.74, 6) is 0. The molecule has 2 aromatic heterocycles. The number of nitrogens with zero attached hydrogens (tertiary/aromatic N) is 3. The molecule has 1 N–H and O–H groups in total. The van der Waals surface area contributed by atoms with E-state index in [1.807, 2.05) is 29.1 Å². The quantitative estimate of drug-likeness (QED) is 0.158. The van der Waals surface area contributed by atoms with Gasteiger partial charge in [0.05, 0.1) is 11.7 Å². The lowest BCUT2D eigenvalue weighted by atomic mass is 10.1. The number of benzene rings is 2. The molecule has 4 rings (SSSR count). The number of hydrogen-bond acceptors (Lipinski definition) is 3. The molecule has 4 aromatic rings. The normalized spacial score (nSPS) is 11.9. The molecule has 2 aromatic carbocycles. The minimum atomic E-state index is -1.58. The molecule has 0 atom stereocenters. The Labute approximate surface area is 217 Å². The number of aryl methyl sites for hydroxylation is 1. The van der Waals surface area contributed by atoms with E-state index in [4.69, 9.17) is 14.8 Å². The standard InChI is InChI=1S/C28H35BrN4OSi/c1-4-35(5-2,6-3)34-18-10-17-32-21-31-28-26(27(32)30)25(23-11-8-7-9-12-23)20-33(28)19-22-13-15-24(29)16-14-22/h7-9,11-16,20-21,30H,4-6,10,17-19H2,1-3H3. The second-order valence-electron chi connectivity index (χ2n) is 9.09. The summed E-state index contributed by atoms with van der Waals surface area (Å²) >= 11 is 3.52. The first kappa shape index (κ1) is 25.6. The predicted octanol–water partition coefficient (Wildman–Crippen LogP) is 7.21. The van der Waals surface area contributed by atoms with Gasteiger partial charge in [0.2, 0.25) is 0 Å². The van der Waals surface area contributed by atoms with Gasteiger partial charge in [0.1, 0.15) is 11.1 Å². The zero-order valence-corrected chi connectivity index (χ0v) is 23.5. The number of hydrogen-bond donors (Lipinski definition) is 1. The van der Waals surface area contributed by atoms with Crippen molar-refractivity contribution in [3.8, 4) is 11.1 Å². The lowest BCUT2D eigenvalue weighted by molar-refractivity contribution is 0.283. The van der Waals surface area contributed by atoms with Gasteiger partial charge in [0.25, 0.3) is 0 Å². The van der Waals surface area contributed by atoms with E-state index in [-0.39, 0.29) is 0 Å². The van der Waals surface area contributed by atoms with Crippen LogP contribution in [0.2, 0.25) is 18.1 Å². The third-order valence-electron chi connectivity index (χ3n) is 7.13. The van der Waals surface area contributed by atoms with E-state index < -0.39 is 8.32 Å². The van der Waals surface area contributed by atoms with Crippen LogP contribution in [0.1, 0.15) is 32.8 Å². The second-order valence-corrected chi connectivity index (χ2v) is 14.8. The maximum atomic E-state index is 9.09. The highest BCUT2D eigenvalue weighted by atomic mass is 79.9. The highest BCUT2D eigenvalue weighted by molar-refractivity contribution is 9.10. The Bertz CT molecular complexity index is 1300. The summed E-state index contributed by atoms with van der Waals surface area (Å²) < 4.78 is 11.6. The van der Waals surface area contributed by atoms with Crippen molar-refractivity contribution in [1.29, 1.82) is 5.41 Å². The number of aromatic nitrogens is 3. The van der Waals surface area contributed by atoms with E-state index in [1.165, 1.54) is 5.56 Å². The Morgan fingerprint density at radius 2 is 1.63 bits per heavy atom. The average Bonchev–Trinajstić information content (AvgIpc) is 3.26. The van der Waals surface area contributed by atoms with Crippen LogP contribution in [0.5, 0.6) is 0 Å². The molecule has 0 spiro atoms. The Hall–Kier alpha value is -2.48. The molecule has 0 aliphatic carbocycles. The summed E-state index contributed by atoms with van der Waals surface area (Å²) in [6, 6.07) is 22.2. The second kappa shape index (κ2) is 11.5. The van der Waals surface area contributed by atoms with Gasteiger partial charge in [0, 0.05) is 35.9 Å². The number of fused-ring (bicyclic) bond motifs is 1. The van der Waals surface area contributed by atoms with Crippen molar-refractivity contribution >= 4 is 35.3 Å². The molecule has 0 saturated carbocycles. The first-order valence-corrected chi connectivity index (χ1v) is 15.9. The summed E-state index contributed by atoms with van der Waals surface area (Å²) in [5, 5.41) is 9.99. The topological polar surface area (TPSA) is 55.8 Å². The van der Waals surface area contributed by atoms with E-state index >= 15 is 0 Å². The highest BCUT2D eigenvalue weighted by Gasteiger charge is 2.28. The maximum Gasteiger partial charge on any atom is 0.191 e. The number of nitrogens with one attached hydrogen (secondary N) is 1. The smallest absolute Gasteiger partial charge is 0.191 e. The van der Waals surface area contributed by atoms with Crippen molar-refractivity contribution in [2.45, 2.75) is 58.4 Å². The van der Waals surface area contributed by atoms with Crippen LogP contribution in [0, 0.1) is 5.41 Å². The molecule has 184 valence electrons. The van der Waals surface area contributed by atoms with Crippen molar-refractivity contribution in [2.75, 3.05) is 6.61 Å². The average molecular weight is 552 g/mol. The highest BCUT2D eigenvalue weighted by Crippen LogP contribution is 2.28. The van der Waals surface area contributed by atoms with E-state index in [1.54, 1.807) is 0 Å². The summed E-state index contributed by atoms with van der Waals surface area (Å²) in [5.41, 5.74) is 4.71. The molecule has 7 heteroatoms. The van der Waals surface area contributed by atoms with Crippen LogP contribution in [0.3, 0.4) is 0 Å². The van der Waals surface area contributed by atoms with Crippen LogP contribution in [0.15, 0.2) is 71.6 Å². The van der Waals surface area contributed by atoms with Gasteiger partial charge in [-0.2, -0.15) is 0 Å². The third-order valence-corrected chi connectivity index (χ3v) is 12.3. The summed E-state index contributed by atoms with van der Waals surface area (Å²) in [7, 11) is -1.58. The molecule has 0 saturated heterocycles. The van der Waals surface area contributed by atoms with Gasteiger partial charge in [-0.3, -0.25) is 5.41 Å². The molecule has 0 unspecified atom stereocenters. The molecular formula is C28H35BrN4OSi. The van der Waals surface area contributed by atoms with Crippen LogP contribution in [0.25, 0.3) is 22.2 Å². The Kier molecular flexibility index (Phi) is 8.41. The number of rotatable bonds is 11. The lowest BCUT2D eigenvalue weighted by Gasteiger charge is -2.28. The molecule has 5 nitrogen and oxygen atoms in total. The Morgan fingerprint density at radius 3 is 2.29 bits per heavy atom. The lowest BCUT2D eigenvalue weighted by Crippen LogP contribution is -2.36. The van der Waals surface area contributed by atoms with Crippen LogP contribution >= 0.6 is 15.9 Å². The van der Waals surface area contributed by atoms with Crippen LogP contribution < -0.4 is 5.49 Å². The fourth-order valence-electron chi connectivity index (χ4n) is 4.74. The third kappa shape index (κ3) is 5.68. The summed E-state index contributed by atoms with van der Waals surface area (Å²) in [6.07, 6.45) is 4.85. The Morgan fingerprint density at radius 1 is 0.943 bits per heavy atom. The molecule has 0 fully saturated rings. The minimum Gasteiger partial charge on any atom is -0.417 e. The summed E-state index contributed by atoms with van der Waals surface area (Å²) in [6.45, 7) is 8.98. The molecule has 0 radical (unpaired) electrons. The largest absolute Gasteiger partial charge is 0.417 e. The van der Waals surface area contributed by atoms with Crippen LogP contribution in [-0.4, -0.2) is 29.0 Å². The minimum absolute atomic E-state index is 0.508. The van der Waals surface area contributed by atoms with Gasteiger partial charge in [-0.1, -0.05) is 79.2 Å². The van der Waals surface area contributed by atoms with E-state index in [0.29, 0.717) is 12.0 Å². The summed E-state index contributed by atoms with van der Waals surface area (Å²) in [4.78, 5) is 4.84. The SMILES string of the molecule is CC[Si](CC)(CC)OCCCn1cnc2c(c(-c3ccccc3)cn2Cc2ccc(Br)cc2)c1=N. The molecule has 0 bridgehead atoms. The van der Waals surface area contributed by atoms with Crippen molar-refractivity contribution in [2.24, 2.45) is 0 Å². The van der Waals surface area contributed by atoms with Gasteiger partial charge in [-0.05, 0) is 47.8 Å². The van der Waals surface area contributed by atoms with Crippen LogP contribution in [0.4, 0.5) is 0 Å². The number of halogens is 1. The molecule has 0 amide bonds. The van der Waals surface area contributed by atoms with Crippen molar-refractivity contribution in [3.05, 3.63) is 82.6 Å². The van der Waals surface area contributed by atoms with Gasteiger partial charge in [-0.15, -0.1) is 0 Å². The zero-order valence-electron chi connectivity index (χ0n) is 20.9. The van der Waals surface area contributed by atoms with Gasteiger partial charge < -0.3 is 13.6 Å². The zero-order chi connectivity index (χ0) is 24.8.